The molecule has 0 unspecified atom stereocenters. The van der Waals surface area contributed by atoms with Crippen molar-refractivity contribution in [3.05, 3.63) is 40.8 Å². The summed E-state index contributed by atoms with van der Waals surface area (Å²) in [6.07, 6.45) is 1.44. The van der Waals surface area contributed by atoms with Crippen molar-refractivity contribution in [2.75, 3.05) is 5.32 Å². The van der Waals surface area contributed by atoms with Crippen molar-refractivity contribution in [2.45, 2.75) is 0 Å². The second-order valence-electron chi connectivity index (χ2n) is 2.98. The van der Waals surface area contributed by atoms with Crippen molar-refractivity contribution in [1.82, 2.24) is 9.97 Å². The third-order valence-electron chi connectivity index (χ3n) is 1.87. The Morgan fingerprint density at radius 1 is 1.19 bits per heavy atom. The number of anilines is 2. The monoisotopic (exact) mass is 269 g/mol. The van der Waals surface area contributed by atoms with E-state index in [9.17, 15) is 0 Å². The van der Waals surface area contributed by atoms with E-state index in [-0.39, 0.29) is 5.28 Å². The van der Waals surface area contributed by atoms with Gasteiger partial charge in [-0.15, -0.1) is 0 Å². The predicted molar refractivity (Wildman–Crippen MR) is 68.3 cm³/mol. The Morgan fingerprint density at radius 3 is 2.69 bits per heavy atom. The van der Waals surface area contributed by atoms with Crippen LogP contribution >= 0.6 is 32.4 Å². The van der Waals surface area contributed by atoms with Crippen molar-refractivity contribution in [2.24, 2.45) is 0 Å². The van der Waals surface area contributed by atoms with E-state index >= 15 is 0 Å². The van der Waals surface area contributed by atoms with E-state index in [1.54, 1.807) is 0 Å². The maximum atomic E-state index is 5.93. The molecule has 2 radical (unpaired) electrons. The zero-order chi connectivity index (χ0) is 11.5. The molecule has 0 saturated heterocycles. The Kier molecular flexibility index (Phi) is 3.59. The number of benzene rings is 1. The van der Waals surface area contributed by atoms with Gasteiger partial charge in [0.15, 0.2) is 5.82 Å². The zero-order valence-corrected chi connectivity index (χ0v) is 10.4. The average Bonchev–Trinajstić information content (AvgIpc) is 2.27. The standard InChI is InChI=1S/C10H6Cl2N3P/c11-6-5-13-10(12)15-9(6)14-7-3-1-2-4-8(7)16/h1-5H,(H,13,14,15). The van der Waals surface area contributed by atoms with Gasteiger partial charge in [0, 0.05) is 11.0 Å². The van der Waals surface area contributed by atoms with Gasteiger partial charge in [0.25, 0.3) is 0 Å². The van der Waals surface area contributed by atoms with Gasteiger partial charge in [-0.2, -0.15) is 4.98 Å². The molecule has 0 aliphatic heterocycles. The van der Waals surface area contributed by atoms with E-state index in [4.69, 9.17) is 23.2 Å². The smallest absolute Gasteiger partial charge is 0.224 e. The molecule has 3 nitrogen and oxygen atoms in total. The van der Waals surface area contributed by atoms with Gasteiger partial charge in [0.05, 0.1) is 6.20 Å². The first-order valence-electron chi connectivity index (χ1n) is 4.40. The first-order chi connectivity index (χ1) is 7.66. The van der Waals surface area contributed by atoms with Crippen LogP contribution in [0.5, 0.6) is 0 Å². The Balaban J connectivity index is 2.34. The zero-order valence-electron chi connectivity index (χ0n) is 7.98. The first-order valence-corrected chi connectivity index (χ1v) is 5.60. The molecule has 1 aromatic heterocycles. The lowest BCUT2D eigenvalue weighted by Gasteiger charge is -2.08. The van der Waals surface area contributed by atoms with Crippen LogP contribution in [0.15, 0.2) is 30.5 Å². The number of nitrogens with one attached hydrogen (secondary N) is 1. The third-order valence-corrected chi connectivity index (χ3v) is 2.72. The Morgan fingerprint density at radius 2 is 1.94 bits per heavy atom. The minimum absolute atomic E-state index is 0.142. The Hall–Kier alpha value is -0.890. The Bertz CT molecular complexity index is 519. The van der Waals surface area contributed by atoms with Gasteiger partial charge < -0.3 is 5.32 Å². The Labute approximate surface area is 105 Å². The molecule has 0 amide bonds. The van der Waals surface area contributed by atoms with Crippen LogP contribution in [0.1, 0.15) is 0 Å². The van der Waals surface area contributed by atoms with Gasteiger partial charge in [-0.05, 0) is 26.9 Å². The van der Waals surface area contributed by atoms with Gasteiger partial charge in [0.2, 0.25) is 5.28 Å². The summed E-state index contributed by atoms with van der Waals surface area (Å²) in [4.78, 5) is 7.75. The number of hydrogen-bond donors (Lipinski definition) is 1. The summed E-state index contributed by atoms with van der Waals surface area (Å²) in [6, 6.07) is 7.51. The molecule has 0 aliphatic rings. The summed E-state index contributed by atoms with van der Waals surface area (Å²) in [5, 5.41) is 4.38. The largest absolute Gasteiger partial charge is 0.338 e. The number of para-hydroxylation sites is 1. The van der Waals surface area contributed by atoms with E-state index < -0.39 is 0 Å². The SMILES string of the molecule is [P]c1ccccc1Nc1nc(Cl)ncc1Cl. The summed E-state index contributed by atoms with van der Waals surface area (Å²) < 4.78 is 0. The molecule has 0 spiro atoms. The molecular formula is C10H6Cl2N3P. The molecule has 1 heterocycles. The van der Waals surface area contributed by atoms with Crippen LogP contribution in [0.2, 0.25) is 10.3 Å². The van der Waals surface area contributed by atoms with Crippen molar-refractivity contribution in [1.29, 1.82) is 0 Å². The lowest BCUT2D eigenvalue weighted by molar-refractivity contribution is 1.17. The summed E-state index contributed by atoms with van der Waals surface area (Å²) in [5.74, 6) is 0.461. The van der Waals surface area contributed by atoms with Crippen LogP contribution in [-0.4, -0.2) is 9.97 Å². The maximum Gasteiger partial charge on any atom is 0.224 e. The van der Waals surface area contributed by atoms with Crippen molar-refractivity contribution in [3.63, 3.8) is 0 Å². The highest BCUT2D eigenvalue weighted by Crippen LogP contribution is 2.23. The minimum Gasteiger partial charge on any atom is -0.338 e. The van der Waals surface area contributed by atoms with Crippen LogP contribution in [-0.2, 0) is 0 Å². The molecule has 0 bridgehead atoms. The molecule has 80 valence electrons. The molecule has 16 heavy (non-hydrogen) atoms. The summed E-state index contributed by atoms with van der Waals surface area (Å²) >= 11 is 11.6. The molecule has 2 rings (SSSR count). The fraction of sp³-hybridized carbons (Fsp3) is 0. The highest BCUT2D eigenvalue weighted by atomic mass is 35.5. The van der Waals surface area contributed by atoms with Gasteiger partial charge >= 0.3 is 0 Å². The van der Waals surface area contributed by atoms with Crippen molar-refractivity contribution in [3.8, 4) is 0 Å². The molecule has 2 aromatic rings. The number of rotatable bonds is 2. The lowest BCUT2D eigenvalue weighted by Crippen LogP contribution is -2.03. The summed E-state index contributed by atoms with van der Waals surface area (Å²) in [7, 11) is 4.31. The number of aromatic nitrogens is 2. The first kappa shape index (κ1) is 11.6. The normalized spacial score (nSPS) is 10.2. The molecule has 1 aromatic carbocycles. The van der Waals surface area contributed by atoms with Gasteiger partial charge in [-0.3, -0.25) is 0 Å². The fourth-order valence-corrected chi connectivity index (χ4v) is 1.63. The third kappa shape index (κ3) is 2.62. The van der Waals surface area contributed by atoms with Crippen LogP contribution in [0.3, 0.4) is 0 Å². The van der Waals surface area contributed by atoms with E-state index in [2.05, 4.69) is 24.5 Å². The lowest BCUT2D eigenvalue weighted by atomic mass is 10.3. The number of halogens is 2. The number of nitrogens with zero attached hydrogens (tertiary/aromatic N) is 2. The summed E-state index contributed by atoms with van der Waals surface area (Å²) in [5.41, 5.74) is 0.808. The van der Waals surface area contributed by atoms with Crippen LogP contribution < -0.4 is 10.6 Å². The molecular weight excluding hydrogens is 264 g/mol. The van der Waals surface area contributed by atoms with Gasteiger partial charge in [0.1, 0.15) is 5.02 Å². The summed E-state index contributed by atoms with van der Waals surface area (Å²) in [6.45, 7) is 0. The highest BCUT2D eigenvalue weighted by Gasteiger charge is 2.05. The molecule has 0 fully saturated rings. The van der Waals surface area contributed by atoms with Crippen LogP contribution in [0.25, 0.3) is 0 Å². The molecule has 6 heteroatoms. The van der Waals surface area contributed by atoms with E-state index in [1.165, 1.54) is 6.20 Å². The quantitative estimate of drug-likeness (QED) is 0.669. The molecule has 0 atom stereocenters. The van der Waals surface area contributed by atoms with Gasteiger partial charge in [-0.1, -0.05) is 29.8 Å². The van der Waals surface area contributed by atoms with E-state index in [1.807, 2.05) is 24.3 Å². The average molecular weight is 270 g/mol. The molecule has 0 aliphatic carbocycles. The van der Waals surface area contributed by atoms with Crippen molar-refractivity contribution >= 4 is 49.3 Å². The molecule has 0 saturated carbocycles. The minimum atomic E-state index is 0.142. The predicted octanol–water partition coefficient (Wildman–Crippen LogP) is 3.56. The second kappa shape index (κ2) is 4.96. The maximum absolute atomic E-state index is 5.93. The van der Waals surface area contributed by atoms with E-state index in [0.717, 1.165) is 11.0 Å². The van der Waals surface area contributed by atoms with Crippen LogP contribution in [0.4, 0.5) is 11.5 Å². The topological polar surface area (TPSA) is 37.8 Å². The van der Waals surface area contributed by atoms with Crippen molar-refractivity contribution < 1.29 is 0 Å². The molecule has 1 N–H and O–H groups in total. The van der Waals surface area contributed by atoms with Crippen LogP contribution in [0, 0.1) is 0 Å². The number of hydrogen-bond acceptors (Lipinski definition) is 3. The fourth-order valence-electron chi connectivity index (χ4n) is 1.14. The van der Waals surface area contributed by atoms with Gasteiger partial charge in [-0.25, -0.2) is 4.98 Å². The second-order valence-corrected chi connectivity index (χ2v) is 4.20. The van der Waals surface area contributed by atoms with E-state index in [0.29, 0.717) is 10.8 Å². The highest BCUT2D eigenvalue weighted by molar-refractivity contribution is 7.28.